The predicted octanol–water partition coefficient (Wildman–Crippen LogP) is 3.94. The lowest BCUT2D eigenvalue weighted by molar-refractivity contribution is 0.329. The van der Waals surface area contributed by atoms with Gasteiger partial charge in [-0.2, -0.15) is 10.2 Å². The highest BCUT2D eigenvalue weighted by Gasteiger charge is 2.30. The third kappa shape index (κ3) is 4.59. The maximum absolute atomic E-state index is 12.0. The fourth-order valence-electron chi connectivity index (χ4n) is 4.47. The van der Waals surface area contributed by atoms with E-state index < -0.39 is 9.84 Å². The Balaban J connectivity index is 1.34. The van der Waals surface area contributed by atoms with Crippen molar-refractivity contribution < 1.29 is 8.42 Å². The molecule has 3 heterocycles. The Morgan fingerprint density at radius 3 is 2.33 bits per heavy atom. The van der Waals surface area contributed by atoms with Gasteiger partial charge in [-0.15, -0.1) is 0 Å². The van der Waals surface area contributed by atoms with Crippen LogP contribution in [-0.4, -0.2) is 49.5 Å². The number of aryl methyl sites for hydroxylation is 1. The molecule has 1 fully saturated rings. The van der Waals surface area contributed by atoms with Crippen LogP contribution in [0.5, 0.6) is 0 Å². The Morgan fingerprint density at radius 2 is 1.61 bits per heavy atom. The van der Waals surface area contributed by atoms with Crippen molar-refractivity contribution in [2.24, 2.45) is 7.05 Å². The van der Waals surface area contributed by atoms with Gasteiger partial charge in [-0.3, -0.25) is 9.36 Å². The van der Waals surface area contributed by atoms with E-state index in [9.17, 15) is 8.42 Å². The first-order chi connectivity index (χ1) is 15.9. The Bertz CT molecular complexity index is 1370. The SMILES string of the molecule is Cn1cc(-c2cccc(-c3ncc(-c4cnn(C5CCC[C@H](S(C)(=O)=O)C5)c4)cn3)c2)cn1. The lowest BCUT2D eigenvalue weighted by Crippen LogP contribution is -2.29. The predicted molar refractivity (Wildman–Crippen MR) is 127 cm³/mol. The first-order valence-electron chi connectivity index (χ1n) is 11.0. The van der Waals surface area contributed by atoms with Gasteiger partial charge in [-0.25, -0.2) is 18.4 Å². The molecule has 0 radical (unpaired) electrons. The van der Waals surface area contributed by atoms with Crippen LogP contribution in [0, 0.1) is 0 Å². The molecule has 0 spiro atoms. The van der Waals surface area contributed by atoms with E-state index in [-0.39, 0.29) is 11.3 Å². The quantitative estimate of drug-likeness (QED) is 0.446. The molecule has 0 N–H and O–H groups in total. The molecule has 0 amide bonds. The Labute approximate surface area is 193 Å². The molecule has 0 aliphatic heterocycles. The molecule has 3 aromatic heterocycles. The molecule has 0 saturated heterocycles. The van der Waals surface area contributed by atoms with Gasteiger partial charge >= 0.3 is 0 Å². The fourth-order valence-corrected chi connectivity index (χ4v) is 5.64. The summed E-state index contributed by atoms with van der Waals surface area (Å²) in [7, 11) is -1.13. The number of hydrogen-bond donors (Lipinski definition) is 0. The summed E-state index contributed by atoms with van der Waals surface area (Å²) in [6, 6.07) is 8.19. The minimum absolute atomic E-state index is 0.0997. The average molecular weight is 463 g/mol. The minimum Gasteiger partial charge on any atom is -0.275 e. The van der Waals surface area contributed by atoms with Crippen LogP contribution in [0.2, 0.25) is 0 Å². The first-order valence-corrected chi connectivity index (χ1v) is 13.0. The molecule has 1 saturated carbocycles. The summed E-state index contributed by atoms with van der Waals surface area (Å²) in [4.78, 5) is 9.17. The summed E-state index contributed by atoms with van der Waals surface area (Å²) in [5, 5.41) is 8.48. The van der Waals surface area contributed by atoms with Gasteiger partial charge in [0.1, 0.15) is 9.84 Å². The lowest BCUT2D eigenvalue weighted by atomic mass is 9.95. The van der Waals surface area contributed by atoms with Crippen molar-refractivity contribution in [3.05, 3.63) is 61.4 Å². The van der Waals surface area contributed by atoms with Crippen LogP contribution in [-0.2, 0) is 16.9 Å². The summed E-state index contributed by atoms with van der Waals surface area (Å²) >= 11 is 0. The van der Waals surface area contributed by atoms with Crippen molar-refractivity contribution in [3.8, 4) is 33.6 Å². The standard InChI is InChI=1S/C24H26N6O2S/c1-29-15-20(13-27-29)17-5-3-6-18(9-17)24-25-11-19(12-26-24)21-14-28-30(16-21)22-7-4-8-23(10-22)33(2,31)32/h3,5-6,9,11-16,22-23H,4,7-8,10H2,1-2H3/t22?,23-/m0/s1. The molecule has 0 bridgehead atoms. The van der Waals surface area contributed by atoms with Gasteiger partial charge in [0.15, 0.2) is 5.82 Å². The Hall–Kier alpha value is -3.33. The monoisotopic (exact) mass is 462 g/mol. The van der Waals surface area contributed by atoms with E-state index in [2.05, 4.69) is 26.2 Å². The van der Waals surface area contributed by atoms with E-state index in [1.807, 2.05) is 48.5 Å². The van der Waals surface area contributed by atoms with Crippen LogP contribution >= 0.6 is 0 Å². The second-order valence-corrected chi connectivity index (χ2v) is 11.1. The van der Waals surface area contributed by atoms with Crippen LogP contribution in [0.15, 0.2) is 61.4 Å². The molecule has 1 aliphatic rings. The third-order valence-corrected chi connectivity index (χ3v) is 7.96. The number of nitrogens with zero attached hydrogens (tertiary/aromatic N) is 6. The number of rotatable bonds is 5. The molecule has 2 atom stereocenters. The van der Waals surface area contributed by atoms with Crippen LogP contribution in [0.3, 0.4) is 0 Å². The third-order valence-electron chi connectivity index (χ3n) is 6.32. The average Bonchev–Trinajstić information content (AvgIpc) is 3.49. The first kappa shape index (κ1) is 21.5. The molecule has 1 aliphatic carbocycles. The van der Waals surface area contributed by atoms with Gasteiger partial charge in [-0.05, 0) is 30.9 Å². The highest BCUT2D eigenvalue weighted by atomic mass is 32.2. The summed E-state index contributed by atoms with van der Waals surface area (Å²) in [5.74, 6) is 0.653. The summed E-state index contributed by atoms with van der Waals surface area (Å²) in [5.41, 5.74) is 4.85. The molecule has 4 aromatic rings. The summed E-state index contributed by atoms with van der Waals surface area (Å²) in [6.45, 7) is 0. The van der Waals surface area contributed by atoms with Crippen LogP contribution < -0.4 is 0 Å². The molecule has 170 valence electrons. The van der Waals surface area contributed by atoms with E-state index in [0.29, 0.717) is 12.2 Å². The van der Waals surface area contributed by atoms with Gasteiger partial charge in [0, 0.05) is 60.3 Å². The van der Waals surface area contributed by atoms with Gasteiger partial charge < -0.3 is 0 Å². The second-order valence-electron chi connectivity index (χ2n) is 8.76. The topological polar surface area (TPSA) is 95.6 Å². The maximum atomic E-state index is 12.0. The van der Waals surface area contributed by atoms with Gasteiger partial charge in [0.2, 0.25) is 0 Å². The molecule has 8 nitrogen and oxygen atoms in total. The van der Waals surface area contributed by atoms with E-state index in [1.54, 1.807) is 23.3 Å². The van der Waals surface area contributed by atoms with Crippen LogP contribution in [0.25, 0.3) is 33.6 Å². The van der Waals surface area contributed by atoms with E-state index in [0.717, 1.165) is 47.1 Å². The van der Waals surface area contributed by atoms with E-state index in [1.165, 1.54) is 6.26 Å². The smallest absolute Gasteiger partial charge is 0.159 e. The summed E-state index contributed by atoms with van der Waals surface area (Å²) < 4.78 is 27.7. The normalized spacial score (nSPS) is 19.0. The molecule has 9 heteroatoms. The van der Waals surface area contributed by atoms with E-state index >= 15 is 0 Å². The van der Waals surface area contributed by atoms with E-state index in [4.69, 9.17) is 0 Å². The van der Waals surface area contributed by atoms with Crippen molar-refractivity contribution in [1.82, 2.24) is 29.5 Å². The fraction of sp³-hybridized carbons (Fsp3) is 0.333. The molecular weight excluding hydrogens is 436 g/mol. The highest BCUT2D eigenvalue weighted by Crippen LogP contribution is 2.33. The largest absolute Gasteiger partial charge is 0.275 e. The highest BCUT2D eigenvalue weighted by molar-refractivity contribution is 7.91. The Kier molecular flexibility index (Phi) is 5.57. The molecule has 1 unspecified atom stereocenters. The number of sulfone groups is 1. The minimum atomic E-state index is -3.03. The van der Waals surface area contributed by atoms with Crippen LogP contribution in [0.1, 0.15) is 31.7 Å². The lowest BCUT2D eigenvalue weighted by Gasteiger charge is -2.28. The second kappa shape index (κ2) is 8.55. The van der Waals surface area contributed by atoms with Crippen LogP contribution in [0.4, 0.5) is 0 Å². The zero-order valence-corrected chi connectivity index (χ0v) is 19.5. The number of aromatic nitrogens is 6. The molecule has 1 aromatic carbocycles. The van der Waals surface area contributed by atoms with Crippen molar-refractivity contribution >= 4 is 9.84 Å². The maximum Gasteiger partial charge on any atom is 0.159 e. The Morgan fingerprint density at radius 1 is 0.879 bits per heavy atom. The molecule has 33 heavy (non-hydrogen) atoms. The number of hydrogen-bond acceptors (Lipinski definition) is 6. The van der Waals surface area contributed by atoms with Crippen molar-refractivity contribution in [2.75, 3.05) is 6.26 Å². The zero-order chi connectivity index (χ0) is 23.0. The van der Waals surface area contributed by atoms with Gasteiger partial charge in [0.25, 0.3) is 0 Å². The number of benzene rings is 1. The van der Waals surface area contributed by atoms with Crippen molar-refractivity contribution in [1.29, 1.82) is 0 Å². The molecule has 5 rings (SSSR count). The van der Waals surface area contributed by atoms with Crippen molar-refractivity contribution in [3.63, 3.8) is 0 Å². The zero-order valence-electron chi connectivity index (χ0n) is 18.7. The van der Waals surface area contributed by atoms with Gasteiger partial charge in [0.05, 0.1) is 23.7 Å². The molecular formula is C24H26N6O2S. The summed E-state index contributed by atoms with van der Waals surface area (Å²) in [6.07, 6.45) is 15.7. The van der Waals surface area contributed by atoms with Gasteiger partial charge in [-0.1, -0.05) is 24.6 Å². The van der Waals surface area contributed by atoms with Crippen molar-refractivity contribution in [2.45, 2.75) is 37.0 Å².